The number of hydrogen-bond donors (Lipinski definition) is 0. The van der Waals surface area contributed by atoms with Crippen LogP contribution in [0.5, 0.6) is 0 Å². The molecule has 0 spiro atoms. The summed E-state index contributed by atoms with van der Waals surface area (Å²) in [5.41, 5.74) is 1.70. The average Bonchev–Trinajstić information content (AvgIpc) is 2.83. The topological polar surface area (TPSA) is 54.5 Å². The molecule has 2 aromatic heterocycles. The first kappa shape index (κ1) is 13.4. The Kier molecular flexibility index (Phi) is 3.88. The van der Waals surface area contributed by atoms with Crippen molar-refractivity contribution in [3.63, 3.8) is 0 Å². The minimum absolute atomic E-state index is 0.482. The zero-order chi connectivity index (χ0) is 13.9. The van der Waals surface area contributed by atoms with Gasteiger partial charge < -0.3 is 4.57 Å². The molecule has 0 amide bonds. The van der Waals surface area contributed by atoms with Gasteiger partial charge in [-0.2, -0.15) is 5.26 Å². The van der Waals surface area contributed by atoms with Crippen LogP contribution in [-0.4, -0.2) is 14.5 Å². The Morgan fingerprint density at radius 2 is 2.15 bits per heavy atom. The van der Waals surface area contributed by atoms with Gasteiger partial charge in [0.15, 0.2) is 5.65 Å². The molecule has 1 saturated carbocycles. The maximum atomic E-state index is 8.86. The van der Waals surface area contributed by atoms with Crippen molar-refractivity contribution in [1.29, 1.82) is 5.26 Å². The van der Waals surface area contributed by atoms with Gasteiger partial charge in [-0.1, -0.05) is 30.9 Å². The number of imidazole rings is 1. The lowest BCUT2D eigenvalue weighted by molar-refractivity contribution is 0.417. The van der Waals surface area contributed by atoms with Gasteiger partial charge in [-0.3, -0.25) is 0 Å². The highest BCUT2D eigenvalue weighted by Gasteiger charge is 2.22. The lowest BCUT2D eigenvalue weighted by Crippen LogP contribution is -2.12. The van der Waals surface area contributed by atoms with Crippen LogP contribution >= 0.6 is 11.6 Å². The predicted molar refractivity (Wildman–Crippen MR) is 78.6 cm³/mol. The van der Waals surface area contributed by atoms with Crippen molar-refractivity contribution in [3.8, 4) is 6.07 Å². The number of nitriles is 1. The normalized spacial score (nSPS) is 16.4. The molecule has 0 bridgehead atoms. The molecule has 5 heteroatoms. The molecule has 4 nitrogen and oxygen atoms in total. The third kappa shape index (κ3) is 2.51. The fourth-order valence-electron chi connectivity index (χ4n) is 3.06. The molecule has 0 N–H and O–H groups in total. The van der Waals surface area contributed by atoms with Crippen molar-refractivity contribution in [2.45, 2.75) is 51.0 Å². The first-order valence-corrected chi connectivity index (χ1v) is 7.56. The van der Waals surface area contributed by atoms with E-state index in [4.69, 9.17) is 21.8 Å². The fourth-order valence-corrected chi connectivity index (χ4v) is 3.21. The minimum atomic E-state index is 0.482. The van der Waals surface area contributed by atoms with Crippen LogP contribution in [0.25, 0.3) is 11.2 Å². The lowest BCUT2D eigenvalue weighted by atomic mass is 9.88. The van der Waals surface area contributed by atoms with E-state index in [0.717, 1.165) is 17.0 Å². The van der Waals surface area contributed by atoms with Gasteiger partial charge in [0.1, 0.15) is 11.3 Å². The summed E-state index contributed by atoms with van der Waals surface area (Å²) >= 11 is 6.01. The summed E-state index contributed by atoms with van der Waals surface area (Å²) in [5, 5.41) is 9.47. The number of rotatable bonds is 3. The van der Waals surface area contributed by atoms with E-state index in [2.05, 4.69) is 15.6 Å². The largest absolute Gasteiger partial charge is 0.311 e. The molecule has 0 atom stereocenters. The number of pyridine rings is 1. The molecule has 2 heterocycles. The Labute approximate surface area is 123 Å². The Morgan fingerprint density at radius 1 is 1.35 bits per heavy atom. The first-order valence-electron chi connectivity index (χ1n) is 7.18. The standard InChI is InChI=1S/C15H17ClN4/c16-12-9-13-15(18-10-12)20(8-4-7-17)14(19-13)11-5-2-1-3-6-11/h9-11H,1-6,8H2. The zero-order valence-corrected chi connectivity index (χ0v) is 12.1. The molecule has 3 rings (SSSR count). The molecule has 104 valence electrons. The van der Waals surface area contributed by atoms with Crippen molar-refractivity contribution in [1.82, 2.24) is 14.5 Å². The Balaban J connectivity index is 2.06. The van der Waals surface area contributed by atoms with E-state index in [1.165, 1.54) is 32.1 Å². The van der Waals surface area contributed by atoms with Gasteiger partial charge in [-0.25, -0.2) is 9.97 Å². The molecule has 0 unspecified atom stereocenters. The highest BCUT2D eigenvalue weighted by atomic mass is 35.5. The van der Waals surface area contributed by atoms with E-state index in [0.29, 0.717) is 23.9 Å². The molecule has 0 aromatic carbocycles. The van der Waals surface area contributed by atoms with Crippen molar-refractivity contribution >= 4 is 22.8 Å². The highest BCUT2D eigenvalue weighted by molar-refractivity contribution is 6.31. The van der Waals surface area contributed by atoms with Crippen molar-refractivity contribution in [2.24, 2.45) is 0 Å². The second-order valence-electron chi connectivity index (χ2n) is 5.36. The zero-order valence-electron chi connectivity index (χ0n) is 11.3. The van der Waals surface area contributed by atoms with Crippen LogP contribution < -0.4 is 0 Å². The summed E-state index contributed by atoms with van der Waals surface area (Å²) in [6, 6.07) is 4.07. The van der Waals surface area contributed by atoms with Gasteiger partial charge >= 0.3 is 0 Å². The summed E-state index contributed by atoms with van der Waals surface area (Å²) in [6.45, 7) is 0.660. The van der Waals surface area contributed by atoms with Crippen LogP contribution in [-0.2, 0) is 6.54 Å². The number of aryl methyl sites for hydroxylation is 1. The number of fused-ring (bicyclic) bond motifs is 1. The maximum absolute atomic E-state index is 8.86. The molecular weight excluding hydrogens is 272 g/mol. The van der Waals surface area contributed by atoms with Crippen LogP contribution in [0.1, 0.15) is 50.3 Å². The number of aromatic nitrogens is 3. The van der Waals surface area contributed by atoms with E-state index in [1.54, 1.807) is 6.20 Å². The van der Waals surface area contributed by atoms with E-state index in [-0.39, 0.29) is 0 Å². The second-order valence-corrected chi connectivity index (χ2v) is 5.80. The fraction of sp³-hybridized carbons (Fsp3) is 0.533. The Hall–Kier alpha value is -1.60. The molecule has 1 aliphatic carbocycles. The quantitative estimate of drug-likeness (QED) is 0.856. The third-order valence-electron chi connectivity index (χ3n) is 4.00. The van der Waals surface area contributed by atoms with Crippen LogP contribution in [0.3, 0.4) is 0 Å². The van der Waals surface area contributed by atoms with E-state index in [9.17, 15) is 0 Å². The molecule has 0 aliphatic heterocycles. The lowest BCUT2D eigenvalue weighted by Gasteiger charge is -2.21. The third-order valence-corrected chi connectivity index (χ3v) is 4.21. The van der Waals surface area contributed by atoms with Crippen LogP contribution in [0, 0.1) is 11.3 Å². The molecule has 0 radical (unpaired) electrons. The highest BCUT2D eigenvalue weighted by Crippen LogP contribution is 2.34. The van der Waals surface area contributed by atoms with E-state index >= 15 is 0 Å². The number of halogens is 1. The Bertz CT molecular complexity index is 650. The van der Waals surface area contributed by atoms with Gasteiger partial charge in [0.2, 0.25) is 0 Å². The van der Waals surface area contributed by atoms with Gasteiger partial charge in [0.25, 0.3) is 0 Å². The van der Waals surface area contributed by atoms with Crippen molar-refractivity contribution in [2.75, 3.05) is 0 Å². The molecule has 2 aromatic rings. The molecule has 20 heavy (non-hydrogen) atoms. The number of nitrogens with zero attached hydrogens (tertiary/aromatic N) is 4. The second kappa shape index (κ2) is 5.80. The smallest absolute Gasteiger partial charge is 0.160 e. The van der Waals surface area contributed by atoms with Crippen LogP contribution in [0.2, 0.25) is 5.02 Å². The summed E-state index contributed by atoms with van der Waals surface area (Å²) in [5.74, 6) is 1.58. The van der Waals surface area contributed by atoms with E-state index in [1.807, 2.05) is 6.07 Å². The molecule has 1 fully saturated rings. The molecule has 1 aliphatic rings. The van der Waals surface area contributed by atoms with Crippen molar-refractivity contribution in [3.05, 3.63) is 23.1 Å². The van der Waals surface area contributed by atoms with Gasteiger partial charge in [-0.05, 0) is 18.9 Å². The summed E-state index contributed by atoms with van der Waals surface area (Å²) in [4.78, 5) is 9.16. The van der Waals surface area contributed by atoms with Gasteiger partial charge in [0, 0.05) is 18.7 Å². The van der Waals surface area contributed by atoms with Crippen LogP contribution in [0.4, 0.5) is 0 Å². The Morgan fingerprint density at radius 3 is 2.90 bits per heavy atom. The first-order chi connectivity index (χ1) is 9.79. The SMILES string of the molecule is N#CCCn1c(C2CCCCC2)nc2cc(Cl)cnc21. The average molecular weight is 289 g/mol. The molecule has 0 saturated heterocycles. The van der Waals surface area contributed by atoms with Crippen molar-refractivity contribution < 1.29 is 0 Å². The monoisotopic (exact) mass is 288 g/mol. The summed E-state index contributed by atoms with van der Waals surface area (Å²) in [6.07, 6.45) is 8.35. The molecular formula is C15H17ClN4. The van der Waals surface area contributed by atoms with Gasteiger partial charge in [0.05, 0.1) is 17.5 Å². The van der Waals surface area contributed by atoms with Gasteiger partial charge in [-0.15, -0.1) is 0 Å². The minimum Gasteiger partial charge on any atom is -0.311 e. The summed E-state index contributed by atoms with van der Waals surface area (Å²) < 4.78 is 2.12. The number of hydrogen-bond acceptors (Lipinski definition) is 3. The van der Waals surface area contributed by atoms with E-state index < -0.39 is 0 Å². The summed E-state index contributed by atoms with van der Waals surface area (Å²) in [7, 11) is 0. The van der Waals surface area contributed by atoms with Crippen LogP contribution in [0.15, 0.2) is 12.3 Å². The maximum Gasteiger partial charge on any atom is 0.160 e. The predicted octanol–water partition coefficient (Wildman–Crippen LogP) is 4.05.